The van der Waals surface area contributed by atoms with Gasteiger partial charge in [0.2, 0.25) is 5.91 Å². The third-order valence-corrected chi connectivity index (χ3v) is 2.53. The van der Waals surface area contributed by atoms with Crippen LogP contribution < -0.4 is 5.32 Å². The molecular formula is C13H16FNO3. The van der Waals surface area contributed by atoms with E-state index in [1.165, 1.54) is 18.2 Å². The number of aliphatic carboxylic acids is 1. The molecular weight excluding hydrogens is 237 g/mol. The maximum absolute atomic E-state index is 13.6. The van der Waals surface area contributed by atoms with Crippen molar-refractivity contribution in [2.45, 2.75) is 25.7 Å². The van der Waals surface area contributed by atoms with Crippen LogP contribution in [0.15, 0.2) is 24.3 Å². The van der Waals surface area contributed by atoms with Gasteiger partial charge in [-0.25, -0.2) is 4.39 Å². The summed E-state index contributed by atoms with van der Waals surface area (Å²) < 4.78 is 13.6. The van der Waals surface area contributed by atoms with Gasteiger partial charge in [-0.05, 0) is 12.5 Å². The predicted molar refractivity (Wildman–Crippen MR) is 64.7 cm³/mol. The fraction of sp³-hybridized carbons (Fsp3) is 0.385. The molecule has 0 radical (unpaired) electrons. The molecule has 0 spiro atoms. The largest absolute Gasteiger partial charge is 0.481 e. The topological polar surface area (TPSA) is 66.4 Å². The highest BCUT2D eigenvalue weighted by Crippen LogP contribution is 2.22. The van der Waals surface area contributed by atoms with Gasteiger partial charge in [-0.1, -0.05) is 25.1 Å². The van der Waals surface area contributed by atoms with Crippen LogP contribution in [0.1, 0.15) is 31.2 Å². The Labute approximate surface area is 105 Å². The van der Waals surface area contributed by atoms with Crippen LogP contribution in [0, 0.1) is 5.82 Å². The average Bonchev–Trinajstić information content (AvgIpc) is 2.34. The minimum Gasteiger partial charge on any atom is -0.481 e. The Hall–Kier alpha value is -1.91. The lowest BCUT2D eigenvalue weighted by Gasteiger charge is -2.15. The molecule has 1 rings (SSSR count). The van der Waals surface area contributed by atoms with Crippen molar-refractivity contribution in [3.63, 3.8) is 0 Å². The zero-order chi connectivity index (χ0) is 13.5. The molecule has 1 unspecified atom stereocenters. The Balaban J connectivity index is 2.94. The summed E-state index contributed by atoms with van der Waals surface area (Å²) >= 11 is 0. The Morgan fingerprint density at radius 1 is 1.39 bits per heavy atom. The van der Waals surface area contributed by atoms with Gasteiger partial charge < -0.3 is 10.4 Å². The van der Waals surface area contributed by atoms with E-state index in [9.17, 15) is 14.0 Å². The molecule has 0 saturated carbocycles. The molecule has 4 nitrogen and oxygen atoms in total. The minimum absolute atomic E-state index is 0.119. The smallest absolute Gasteiger partial charge is 0.304 e. The number of carboxylic acid groups (broad SMARTS) is 1. The van der Waals surface area contributed by atoms with Crippen molar-refractivity contribution in [2.75, 3.05) is 6.54 Å². The number of rotatable bonds is 6. The Bertz CT molecular complexity index is 434. The van der Waals surface area contributed by atoms with Gasteiger partial charge in [0.1, 0.15) is 5.82 Å². The number of carbonyl (C=O) groups excluding carboxylic acids is 1. The molecule has 0 aliphatic heterocycles. The molecule has 1 aromatic rings. The predicted octanol–water partition coefficient (Wildman–Crippen LogP) is 1.91. The highest BCUT2D eigenvalue weighted by atomic mass is 19.1. The Morgan fingerprint density at radius 3 is 2.61 bits per heavy atom. The van der Waals surface area contributed by atoms with Crippen molar-refractivity contribution in [3.05, 3.63) is 35.6 Å². The van der Waals surface area contributed by atoms with Crippen LogP contribution in [-0.2, 0) is 9.59 Å². The first-order valence-corrected chi connectivity index (χ1v) is 5.80. The summed E-state index contributed by atoms with van der Waals surface area (Å²) in [6, 6.07) is 5.74. The lowest BCUT2D eigenvalue weighted by molar-refractivity contribution is -0.139. The molecule has 1 aromatic carbocycles. The van der Waals surface area contributed by atoms with Crippen LogP contribution in [0.3, 0.4) is 0 Å². The monoisotopic (exact) mass is 253 g/mol. The molecule has 1 atom stereocenters. The van der Waals surface area contributed by atoms with E-state index in [-0.39, 0.29) is 5.56 Å². The van der Waals surface area contributed by atoms with E-state index in [1.54, 1.807) is 6.07 Å². The van der Waals surface area contributed by atoms with Crippen LogP contribution in [0.2, 0.25) is 0 Å². The van der Waals surface area contributed by atoms with E-state index in [1.807, 2.05) is 6.92 Å². The summed E-state index contributed by atoms with van der Waals surface area (Å²) in [6.45, 7) is 2.33. The summed E-state index contributed by atoms with van der Waals surface area (Å²) in [5.74, 6) is -3.13. The summed E-state index contributed by atoms with van der Waals surface area (Å²) in [5.41, 5.74) is 0.119. The van der Waals surface area contributed by atoms with Gasteiger partial charge in [0, 0.05) is 12.1 Å². The summed E-state index contributed by atoms with van der Waals surface area (Å²) in [4.78, 5) is 22.6. The molecule has 98 valence electrons. The van der Waals surface area contributed by atoms with Crippen molar-refractivity contribution < 1.29 is 19.1 Å². The van der Waals surface area contributed by atoms with Crippen molar-refractivity contribution in [2.24, 2.45) is 0 Å². The van der Waals surface area contributed by atoms with E-state index in [2.05, 4.69) is 5.32 Å². The number of benzene rings is 1. The second kappa shape index (κ2) is 6.74. The van der Waals surface area contributed by atoms with Gasteiger partial charge >= 0.3 is 5.97 Å². The third kappa shape index (κ3) is 3.84. The first-order valence-electron chi connectivity index (χ1n) is 5.80. The second-order valence-electron chi connectivity index (χ2n) is 3.96. The molecule has 1 amide bonds. The summed E-state index contributed by atoms with van der Waals surface area (Å²) in [7, 11) is 0. The molecule has 0 bridgehead atoms. The number of hydrogen-bond acceptors (Lipinski definition) is 2. The number of carbonyl (C=O) groups is 2. The minimum atomic E-state index is -1.13. The van der Waals surface area contributed by atoms with E-state index >= 15 is 0 Å². The van der Waals surface area contributed by atoms with Gasteiger partial charge in [0.25, 0.3) is 0 Å². The average molecular weight is 253 g/mol. The molecule has 0 heterocycles. The summed E-state index contributed by atoms with van der Waals surface area (Å²) in [5, 5.41) is 11.4. The maximum Gasteiger partial charge on any atom is 0.304 e. The zero-order valence-electron chi connectivity index (χ0n) is 10.1. The first kappa shape index (κ1) is 14.2. The van der Waals surface area contributed by atoms with Gasteiger partial charge in [-0.3, -0.25) is 9.59 Å². The first-order chi connectivity index (χ1) is 8.56. The van der Waals surface area contributed by atoms with Crippen LogP contribution in [0.5, 0.6) is 0 Å². The standard InChI is InChI=1S/C13H16FNO3/c1-2-7-15-13(18)10(8-12(16)17)9-5-3-4-6-11(9)14/h3-6,10H,2,7-8H2,1H3,(H,15,18)(H,16,17). The quantitative estimate of drug-likeness (QED) is 0.813. The van der Waals surface area contributed by atoms with Crippen LogP contribution in [0.4, 0.5) is 4.39 Å². The SMILES string of the molecule is CCCNC(=O)C(CC(=O)O)c1ccccc1F. The molecule has 2 N–H and O–H groups in total. The normalized spacial score (nSPS) is 11.9. The molecule has 0 fully saturated rings. The fourth-order valence-electron chi connectivity index (χ4n) is 1.65. The number of hydrogen-bond donors (Lipinski definition) is 2. The van der Waals surface area contributed by atoms with Crippen LogP contribution in [0.25, 0.3) is 0 Å². The van der Waals surface area contributed by atoms with E-state index in [0.29, 0.717) is 6.54 Å². The molecule has 18 heavy (non-hydrogen) atoms. The van der Waals surface area contributed by atoms with Gasteiger partial charge in [-0.15, -0.1) is 0 Å². The number of carboxylic acids is 1. The second-order valence-corrected chi connectivity index (χ2v) is 3.96. The Kier molecular flexibility index (Phi) is 5.30. The van der Waals surface area contributed by atoms with Gasteiger partial charge in [0.05, 0.1) is 12.3 Å². The number of amides is 1. The number of halogens is 1. The third-order valence-electron chi connectivity index (χ3n) is 2.53. The van der Waals surface area contributed by atoms with Crippen molar-refractivity contribution in [3.8, 4) is 0 Å². The van der Waals surface area contributed by atoms with Crippen molar-refractivity contribution in [1.29, 1.82) is 0 Å². The lowest BCUT2D eigenvalue weighted by Crippen LogP contribution is -2.31. The summed E-state index contributed by atoms with van der Waals surface area (Å²) in [6.07, 6.45) is 0.319. The number of nitrogens with one attached hydrogen (secondary N) is 1. The highest BCUT2D eigenvalue weighted by molar-refractivity contribution is 5.87. The van der Waals surface area contributed by atoms with E-state index in [0.717, 1.165) is 6.42 Å². The van der Waals surface area contributed by atoms with E-state index in [4.69, 9.17) is 5.11 Å². The molecule has 0 saturated heterocycles. The Morgan fingerprint density at radius 2 is 2.06 bits per heavy atom. The molecule has 0 aliphatic carbocycles. The van der Waals surface area contributed by atoms with Gasteiger partial charge in [-0.2, -0.15) is 0 Å². The van der Waals surface area contributed by atoms with Crippen molar-refractivity contribution in [1.82, 2.24) is 5.32 Å². The zero-order valence-corrected chi connectivity index (χ0v) is 10.1. The fourth-order valence-corrected chi connectivity index (χ4v) is 1.65. The maximum atomic E-state index is 13.6. The lowest BCUT2D eigenvalue weighted by atomic mass is 9.94. The highest BCUT2D eigenvalue weighted by Gasteiger charge is 2.25. The molecule has 0 aliphatic rings. The van der Waals surface area contributed by atoms with Gasteiger partial charge in [0.15, 0.2) is 0 Å². The van der Waals surface area contributed by atoms with Crippen LogP contribution in [-0.4, -0.2) is 23.5 Å². The molecule has 5 heteroatoms. The van der Waals surface area contributed by atoms with Crippen LogP contribution >= 0.6 is 0 Å². The van der Waals surface area contributed by atoms with Crippen molar-refractivity contribution >= 4 is 11.9 Å². The molecule has 0 aromatic heterocycles. The van der Waals surface area contributed by atoms with E-state index < -0.39 is 30.0 Å².